The summed E-state index contributed by atoms with van der Waals surface area (Å²) >= 11 is 1.49. The zero-order chi connectivity index (χ0) is 15.6. The van der Waals surface area contributed by atoms with Crippen LogP contribution in [-0.2, 0) is 0 Å². The lowest BCUT2D eigenvalue weighted by molar-refractivity contribution is 0.340. The summed E-state index contributed by atoms with van der Waals surface area (Å²) in [6.45, 7) is 2.64. The third-order valence-corrected chi connectivity index (χ3v) is 4.24. The molecule has 4 rings (SSSR count). The van der Waals surface area contributed by atoms with Crippen molar-refractivity contribution in [2.75, 3.05) is 6.61 Å². The van der Waals surface area contributed by atoms with Crippen LogP contribution in [0.5, 0.6) is 5.75 Å². The second kappa shape index (κ2) is 5.81. The molecule has 0 fully saturated rings. The van der Waals surface area contributed by atoms with Gasteiger partial charge in [0.15, 0.2) is 0 Å². The maximum Gasteiger partial charge on any atom is 0.218 e. The van der Waals surface area contributed by atoms with Crippen LogP contribution in [0.2, 0.25) is 0 Å². The Kier molecular flexibility index (Phi) is 3.51. The number of pyridine rings is 1. The van der Waals surface area contributed by atoms with Gasteiger partial charge in [0.1, 0.15) is 16.9 Å². The number of benzene rings is 1. The molecule has 3 aromatic heterocycles. The van der Waals surface area contributed by atoms with E-state index in [1.807, 2.05) is 29.7 Å². The van der Waals surface area contributed by atoms with Gasteiger partial charge < -0.3 is 4.74 Å². The van der Waals surface area contributed by atoms with Crippen LogP contribution in [0.25, 0.3) is 27.4 Å². The second-order valence-corrected chi connectivity index (χ2v) is 5.77. The fraction of sp³-hybridized carbons (Fsp3) is 0.118. The molecule has 0 amide bonds. The third-order valence-electron chi connectivity index (χ3n) is 3.56. The van der Waals surface area contributed by atoms with E-state index >= 15 is 0 Å². The van der Waals surface area contributed by atoms with Crippen LogP contribution < -0.4 is 4.74 Å². The van der Waals surface area contributed by atoms with Crippen LogP contribution in [0.3, 0.4) is 0 Å². The molecule has 0 bridgehead atoms. The molecule has 0 saturated carbocycles. The molecule has 0 N–H and O–H groups in total. The normalized spacial score (nSPS) is 11.0. The van der Waals surface area contributed by atoms with E-state index < -0.39 is 0 Å². The highest BCUT2D eigenvalue weighted by atomic mass is 32.1. The summed E-state index contributed by atoms with van der Waals surface area (Å²) in [7, 11) is 0. The van der Waals surface area contributed by atoms with Gasteiger partial charge in [0.2, 0.25) is 5.13 Å². The average Bonchev–Trinajstić information content (AvgIpc) is 3.22. The van der Waals surface area contributed by atoms with Gasteiger partial charge in [0, 0.05) is 11.6 Å². The minimum Gasteiger partial charge on any atom is -0.494 e. The van der Waals surface area contributed by atoms with Crippen molar-refractivity contribution in [1.29, 1.82) is 0 Å². The van der Waals surface area contributed by atoms with Crippen molar-refractivity contribution in [2.45, 2.75) is 6.92 Å². The highest BCUT2D eigenvalue weighted by molar-refractivity contribution is 7.11. The maximum absolute atomic E-state index is 5.52. The van der Waals surface area contributed by atoms with Gasteiger partial charge in [0.05, 0.1) is 12.3 Å². The quantitative estimate of drug-likeness (QED) is 0.571. The minimum atomic E-state index is 0.661. The first-order valence-electron chi connectivity index (χ1n) is 7.33. The maximum atomic E-state index is 5.52. The SMILES string of the molecule is CCOc1ccc(-c2cc3cccnc3n2-c2nncs2)cc1. The van der Waals surface area contributed by atoms with Crippen molar-refractivity contribution in [1.82, 2.24) is 19.7 Å². The Labute approximate surface area is 137 Å². The number of aromatic nitrogens is 4. The first kappa shape index (κ1) is 13.9. The fourth-order valence-electron chi connectivity index (χ4n) is 2.59. The molecular weight excluding hydrogens is 308 g/mol. The topological polar surface area (TPSA) is 52.8 Å². The summed E-state index contributed by atoms with van der Waals surface area (Å²) in [5, 5.41) is 10.1. The van der Waals surface area contributed by atoms with Crippen LogP contribution in [0.4, 0.5) is 0 Å². The Balaban J connectivity index is 1.91. The highest BCUT2D eigenvalue weighted by Crippen LogP contribution is 2.31. The van der Waals surface area contributed by atoms with Gasteiger partial charge in [-0.2, -0.15) is 0 Å². The summed E-state index contributed by atoms with van der Waals surface area (Å²) in [4.78, 5) is 4.51. The molecule has 5 nitrogen and oxygen atoms in total. The number of hydrogen-bond acceptors (Lipinski definition) is 5. The Morgan fingerprint density at radius 3 is 2.78 bits per heavy atom. The van der Waals surface area contributed by atoms with E-state index in [0.717, 1.165) is 33.2 Å². The van der Waals surface area contributed by atoms with Gasteiger partial charge in [-0.25, -0.2) is 4.98 Å². The van der Waals surface area contributed by atoms with Gasteiger partial charge in [0.25, 0.3) is 0 Å². The molecule has 0 unspecified atom stereocenters. The van der Waals surface area contributed by atoms with Gasteiger partial charge in [-0.05, 0) is 55.0 Å². The smallest absolute Gasteiger partial charge is 0.218 e. The number of fused-ring (bicyclic) bond motifs is 1. The molecule has 4 aromatic rings. The van der Waals surface area contributed by atoms with Crippen molar-refractivity contribution in [3.8, 4) is 22.1 Å². The zero-order valence-electron chi connectivity index (χ0n) is 12.5. The van der Waals surface area contributed by atoms with Crippen LogP contribution in [0.15, 0.2) is 54.2 Å². The van der Waals surface area contributed by atoms with Crippen LogP contribution >= 0.6 is 11.3 Å². The molecule has 114 valence electrons. The summed E-state index contributed by atoms with van der Waals surface area (Å²) < 4.78 is 7.56. The molecule has 0 aliphatic heterocycles. The number of ether oxygens (including phenoxy) is 1. The Bertz CT molecular complexity index is 929. The van der Waals surface area contributed by atoms with E-state index in [0.29, 0.717) is 6.61 Å². The average molecular weight is 322 g/mol. The van der Waals surface area contributed by atoms with Gasteiger partial charge in [-0.15, -0.1) is 10.2 Å². The summed E-state index contributed by atoms with van der Waals surface area (Å²) in [5.41, 5.74) is 4.74. The Morgan fingerprint density at radius 1 is 1.17 bits per heavy atom. The molecule has 0 atom stereocenters. The zero-order valence-corrected chi connectivity index (χ0v) is 13.3. The lowest BCUT2D eigenvalue weighted by Gasteiger charge is -2.08. The molecule has 0 spiro atoms. The van der Waals surface area contributed by atoms with Gasteiger partial charge in [-0.1, -0.05) is 11.3 Å². The molecule has 1 aromatic carbocycles. The van der Waals surface area contributed by atoms with Crippen molar-refractivity contribution >= 4 is 22.4 Å². The van der Waals surface area contributed by atoms with E-state index in [9.17, 15) is 0 Å². The van der Waals surface area contributed by atoms with E-state index in [1.54, 1.807) is 11.7 Å². The first-order valence-corrected chi connectivity index (χ1v) is 8.21. The van der Waals surface area contributed by atoms with Crippen molar-refractivity contribution in [2.24, 2.45) is 0 Å². The molecule has 0 saturated heterocycles. The molecule has 0 radical (unpaired) electrons. The highest BCUT2D eigenvalue weighted by Gasteiger charge is 2.15. The number of hydrogen-bond donors (Lipinski definition) is 0. The molecule has 23 heavy (non-hydrogen) atoms. The summed E-state index contributed by atoms with van der Waals surface area (Å²) in [5.74, 6) is 0.868. The fourth-order valence-corrected chi connectivity index (χ4v) is 3.17. The van der Waals surface area contributed by atoms with Gasteiger partial charge >= 0.3 is 0 Å². The largest absolute Gasteiger partial charge is 0.494 e. The van der Waals surface area contributed by atoms with Crippen LogP contribution in [-0.4, -0.2) is 26.4 Å². The molecule has 6 heteroatoms. The Hall–Kier alpha value is -2.73. The van der Waals surface area contributed by atoms with Crippen molar-refractivity contribution in [3.63, 3.8) is 0 Å². The number of nitrogens with zero attached hydrogens (tertiary/aromatic N) is 4. The first-order chi connectivity index (χ1) is 11.4. The molecule has 0 aliphatic rings. The predicted octanol–water partition coefficient (Wildman–Crippen LogP) is 3.94. The molecule has 0 aliphatic carbocycles. The van der Waals surface area contributed by atoms with Crippen molar-refractivity contribution < 1.29 is 4.74 Å². The summed E-state index contributed by atoms with van der Waals surface area (Å²) in [6, 6.07) is 14.2. The number of rotatable bonds is 4. The lowest BCUT2D eigenvalue weighted by atomic mass is 10.1. The van der Waals surface area contributed by atoms with E-state index in [1.165, 1.54) is 11.3 Å². The van der Waals surface area contributed by atoms with E-state index in [4.69, 9.17) is 4.74 Å². The van der Waals surface area contributed by atoms with E-state index in [2.05, 4.69) is 39.4 Å². The van der Waals surface area contributed by atoms with Gasteiger partial charge in [-0.3, -0.25) is 4.57 Å². The summed E-state index contributed by atoms with van der Waals surface area (Å²) in [6.07, 6.45) is 1.79. The van der Waals surface area contributed by atoms with E-state index in [-0.39, 0.29) is 0 Å². The van der Waals surface area contributed by atoms with Crippen LogP contribution in [0.1, 0.15) is 6.92 Å². The second-order valence-electron chi connectivity index (χ2n) is 4.96. The lowest BCUT2D eigenvalue weighted by Crippen LogP contribution is -1.98. The third kappa shape index (κ3) is 2.47. The standard InChI is InChI=1S/C17H14N4OS/c1-2-22-14-7-5-12(6-8-14)15-10-13-4-3-9-18-16(13)21(15)17-20-19-11-23-17/h3-11H,2H2,1H3. The monoisotopic (exact) mass is 322 g/mol. The molecule has 3 heterocycles. The van der Waals surface area contributed by atoms with Crippen molar-refractivity contribution in [3.05, 3.63) is 54.2 Å². The minimum absolute atomic E-state index is 0.661. The van der Waals surface area contributed by atoms with Crippen LogP contribution in [0, 0.1) is 0 Å². The Morgan fingerprint density at radius 2 is 2.04 bits per heavy atom. The predicted molar refractivity (Wildman–Crippen MR) is 91.1 cm³/mol. The molecular formula is C17H14N4OS.